The summed E-state index contributed by atoms with van der Waals surface area (Å²) in [6, 6.07) is 13.8. The number of aromatic hydroxyl groups is 1. The SMILES string of the molecule is Cc1cccc2c(O)c(/C=C3\C(=O)N[C@@H](NN)N(c4ccccc4)C3=O)c(=O)[nH]c12. The highest BCUT2D eigenvalue weighted by Crippen LogP contribution is 2.29. The lowest BCUT2D eigenvalue weighted by Gasteiger charge is -2.36. The third kappa shape index (κ3) is 3.11. The van der Waals surface area contributed by atoms with Gasteiger partial charge in [0.15, 0.2) is 6.29 Å². The maximum Gasteiger partial charge on any atom is 0.266 e. The number of aromatic amines is 1. The Balaban J connectivity index is 1.86. The third-order valence-electron chi connectivity index (χ3n) is 4.97. The van der Waals surface area contributed by atoms with Crippen molar-refractivity contribution in [3.63, 3.8) is 0 Å². The van der Waals surface area contributed by atoms with Gasteiger partial charge < -0.3 is 15.4 Å². The number of nitrogens with zero attached hydrogens (tertiary/aromatic N) is 1. The molecule has 4 rings (SSSR count). The van der Waals surface area contributed by atoms with Gasteiger partial charge in [-0.3, -0.25) is 25.1 Å². The summed E-state index contributed by atoms with van der Waals surface area (Å²) in [6.07, 6.45) is 0.117. The number of anilines is 1. The zero-order valence-electron chi connectivity index (χ0n) is 16.0. The zero-order valence-corrected chi connectivity index (χ0v) is 16.0. The number of aromatic nitrogens is 1. The third-order valence-corrected chi connectivity index (χ3v) is 4.97. The number of hydrogen-bond donors (Lipinski definition) is 5. The molecule has 0 radical (unpaired) electrons. The molecule has 3 aromatic rings. The van der Waals surface area contributed by atoms with Gasteiger partial charge >= 0.3 is 0 Å². The molecule has 1 fully saturated rings. The van der Waals surface area contributed by atoms with Crippen molar-refractivity contribution in [3.8, 4) is 5.75 Å². The van der Waals surface area contributed by atoms with Gasteiger partial charge in [0.1, 0.15) is 11.3 Å². The van der Waals surface area contributed by atoms with Crippen molar-refractivity contribution >= 4 is 34.5 Å². The predicted molar refractivity (Wildman–Crippen MR) is 112 cm³/mol. The lowest BCUT2D eigenvalue weighted by atomic mass is 10.0. The van der Waals surface area contributed by atoms with E-state index in [-0.39, 0.29) is 16.9 Å². The second kappa shape index (κ2) is 7.47. The van der Waals surface area contributed by atoms with E-state index < -0.39 is 23.7 Å². The maximum atomic E-state index is 13.2. The summed E-state index contributed by atoms with van der Waals surface area (Å²) in [5.74, 6) is 3.80. The number of fused-ring (bicyclic) bond motifs is 1. The van der Waals surface area contributed by atoms with E-state index in [2.05, 4.69) is 15.7 Å². The van der Waals surface area contributed by atoms with E-state index in [1.54, 1.807) is 55.5 Å². The van der Waals surface area contributed by atoms with Gasteiger partial charge in [-0.2, -0.15) is 0 Å². The Kier molecular flexibility index (Phi) is 4.82. The van der Waals surface area contributed by atoms with Crippen LogP contribution in [0.15, 0.2) is 58.9 Å². The number of carbonyl (C=O) groups excluding carboxylic acids is 2. The number of pyridine rings is 1. The largest absolute Gasteiger partial charge is 0.506 e. The summed E-state index contributed by atoms with van der Waals surface area (Å²) in [6.45, 7) is 1.80. The first-order valence-corrected chi connectivity index (χ1v) is 9.14. The molecule has 2 heterocycles. The normalized spacial score (nSPS) is 18.1. The lowest BCUT2D eigenvalue weighted by Crippen LogP contribution is -2.66. The minimum Gasteiger partial charge on any atom is -0.506 e. The Morgan fingerprint density at radius 1 is 1.10 bits per heavy atom. The molecule has 1 aliphatic rings. The van der Waals surface area contributed by atoms with Crippen molar-refractivity contribution in [1.29, 1.82) is 0 Å². The fourth-order valence-electron chi connectivity index (χ4n) is 3.45. The molecule has 9 heteroatoms. The minimum atomic E-state index is -0.976. The molecule has 1 saturated heterocycles. The first kappa shape index (κ1) is 19.4. The van der Waals surface area contributed by atoms with Crippen molar-refractivity contribution in [2.75, 3.05) is 4.90 Å². The number of carbonyl (C=O) groups is 2. The number of benzene rings is 2. The molecule has 0 aliphatic carbocycles. The van der Waals surface area contributed by atoms with Gasteiger partial charge in [0, 0.05) is 11.1 Å². The molecule has 0 unspecified atom stereocenters. The quantitative estimate of drug-likeness (QED) is 0.189. The van der Waals surface area contributed by atoms with Crippen molar-refractivity contribution in [3.05, 3.63) is 75.6 Å². The second-order valence-corrected chi connectivity index (χ2v) is 6.83. The van der Waals surface area contributed by atoms with Crippen LogP contribution in [0.3, 0.4) is 0 Å². The summed E-state index contributed by atoms with van der Waals surface area (Å²) in [5, 5.41) is 13.7. The van der Waals surface area contributed by atoms with Gasteiger partial charge in [0.05, 0.1) is 11.1 Å². The average Bonchev–Trinajstić information content (AvgIpc) is 2.74. The molecule has 1 aliphatic heterocycles. The number of H-pyrrole nitrogens is 1. The molecule has 2 amide bonds. The highest BCUT2D eigenvalue weighted by Gasteiger charge is 2.37. The van der Waals surface area contributed by atoms with Crippen LogP contribution in [0.1, 0.15) is 11.1 Å². The molecule has 1 atom stereocenters. The number of para-hydroxylation sites is 2. The second-order valence-electron chi connectivity index (χ2n) is 6.83. The Morgan fingerprint density at radius 3 is 2.53 bits per heavy atom. The highest BCUT2D eigenvalue weighted by atomic mass is 16.3. The van der Waals surface area contributed by atoms with Crippen LogP contribution in [-0.2, 0) is 9.59 Å². The molecule has 0 bridgehead atoms. The molecule has 2 aromatic carbocycles. The van der Waals surface area contributed by atoms with E-state index in [1.165, 1.54) is 4.90 Å². The fraction of sp³-hybridized carbons (Fsp3) is 0.0952. The van der Waals surface area contributed by atoms with E-state index >= 15 is 0 Å². The van der Waals surface area contributed by atoms with Crippen LogP contribution in [0.4, 0.5) is 5.69 Å². The van der Waals surface area contributed by atoms with Gasteiger partial charge in [-0.15, -0.1) is 0 Å². The number of aryl methyl sites for hydroxylation is 1. The maximum absolute atomic E-state index is 13.2. The molecule has 152 valence electrons. The number of amides is 2. The van der Waals surface area contributed by atoms with E-state index in [1.807, 2.05) is 0 Å². The highest BCUT2D eigenvalue weighted by molar-refractivity contribution is 6.28. The monoisotopic (exact) mass is 405 g/mol. The van der Waals surface area contributed by atoms with Crippen molar-refractivity contribution < 1.29 is 14.7 Å². The van der Waals surface area contributed by atoms with Crippen molar-refractivity contribution in [1.82, 2.24) is 15.7 Å². The number of hydrazine groups is 1. The number of nitrogens with two attached hydrogens (primary N) is 1. The summed E-state index contributed by atoms with van der Waals surface area (Å²) in [5.41, 5.74) is 3.02. The first-order valence-electron chi connectivity index (χ1n) is 9.14. The van der Waals surface area contributed by atoms with Gasteiger partial charge in [0.25, 0.3) is 17.4 Å². The van der Waals surface area contributed by atoms with E-state index in [9.17, 15) is 19.5 Å². The minimum absolute atomic E-state index is 0.182. The van der Waals surface area contributed by atoms with Gasteiger partial charge in [-0.05, 0) is 36.8 Å². The number of nitrogens with one attached hydrogen (secondary N) is 3. The fourth-order valence-corrected chi connectivity index (χ4v) is 3.45. The Morgan fingerprint density at radius 2 is 1.83 bits per heavy atom. The number of hydrogen-bond acceptors (Lipinski definition) is 6. The van der Waals surface area contributed by atoms with E-state index in [4.69, 9.17) is 5.84 Å². The van der Waals surface area contributed by atoms with E-state index in [0.717, 1.165) is 11.6 Å². The van der Waals surface area contributed by atoms with Crippen molar-refractivity contribution in [2.45, 2.75) is 13.2 Å². The molecule has 0 spiro atoms. The summed E-state index contributed by atoms with van der Waals surface area (Å²) < 4.78 is 0. The molecular formula is C21H19N5O4. The van der Waals surface area contributed by atoms with Crippen LogP contribution in [-0.4, -0.2) is 28.2 Å². The zero-order chi connectivity index (χ0) is 21.4. The van der Waals surface area contributed by atoms with Crippen molar-refractivity contribution in [2.24, 2.45) is 5.84 Å². The Bertz CT molecular complexity index is 1250. The lowest BCUT2D eigenvalue weighted by molar-refractivity contribution is -0.126. The van der Waals surface area contributed by atoms with Crippen LogP contribution < -0.4 is 27.0 Å². The summed E-state index contributed by atoms with van der Waals surface area (Å²) in [4.78, 5) is 42.3. The van der Waals surface area contributed by atoms with Gasteiger partial charge in [0.2, 0.25) is 0 Å². The molecule has 30 heavy (non-hydrogen) atoms. The number of rotatable bonds is 3. The van der Waals surface area contributed by atoms with E-state index in [0.29, 0.717) is 16.6 Å². The van der Waals surface area contributed by atoms with Gasteiger partial charge in [-0.1, -0.05) is 30.3 Å². The molecule has 6 N–H and O–H groups in total. The first-order chi connectivity index (χ1) is 14.4. The van der Waals surface area contributed by atoms with Crippen LogP contribution in [0.2, 0.25) is 0 Å². The summed E-state index contributed by atoms with van der Waals surface area (Å²) in [7, 11) is 0. The molecule has 9 nitrogen and oxygen atoms in total. The average molecular weight is 405 g/mol. The Hall–Kier alpha value is -3.95. The van der Waals surface area contributed by atoms with Crippen LogP contribution in [0.25, 0.3) is 17.0 Å². The molecule has 0 saturated carbocycles. The predicted octanol–water partition coefficient (Wildman–Crippen LogP) is 0.835. The standard InChI is InChI=1S/C21H19N5O4/c1-11-6-5-9-13-16(11)23-18(28)14(17(13)27)10-15-19(29)24-21(25-22)26(20(15)30)12-7-3-2-4-8-12/h2-10,21,25H,22H2,1H3,(H,24,29)(H2,23,27,28)/b15-10+/t21-/m0/s1. The van der Waals surface area contributed by atoms with Crippen LogP contribution in [0, 0.1) is 6.92 Å². The molecule has 1 aromatic heterocycles. The summed E-state index contributed by atoms with van der Waals surface area (Å²) >= 11 is 0. The Labute approximate surface area is 170 Å². The molecular weight excluding hydrogens is 386 g/mol. The topological polar surface area (TPSA) is 141 Å². The smallest absolute Gasteiger partial charge is 0.266 e. The van der Waals surface area contributed by atoms with Gasteiger partial charge in [-0.25, -0.2) is 5.43 Å². The van der Waals surface area contributed by atoms with Crippen LogP contribution >= 0.6 is 0 Å². The van der Waals surface area contributed by atoms with Crippen LogP contribution in [0.5, 0.6) is 5.75 Å².